The molecule has 1 amide bonds. The zero-order valence-electron chi connectivity index (χ0n) is 17.0. The van der Waals surface area contributed by atoms with Crippen LogP contribution in [0.25, 0.3) is 0 Å². The molecule has 0 heterocycles. The van der Waals surface area contributed by atoms with Crippen molar-refractivity contribution in [3.8, 4) is 11.8 Å². The van der Waals surface area contributed by atoms with E-state index in [1.807, 2.05) is 30.3 Å². The highest BCUT2D eigenvalue weighted by molar-refractivity contribution is 5.69. The molecular weight excluding hydrogens is 344 g/mol. The van der Waals surface area contributed by atoms with E-state index in [2.05, 4.69) is 19.2 Å². The summed E-state index contributed by atoms with van der Waals surface area (Å²) in [6.07, 6.45) is 1.08. The van der Waals surface area contributed by atoms with Gasteiger partial charge in [0.05, 0.1) is 19.3 Å². The van der Waals surface area contributed by atoms with Gasteiger partial charge in [-0.25, -0.2) is 4.79 Å². The van der Waals surface area contributed by atoms with Crippen molar-refractivity contribution in [1.82, 2.24) is 5.32 Å². The van der Waals surface area contributed by atoms with Crippen molar-refractivity contribution >= 4 is 6.09 Å². The van der Waals surface area contributed by atoms with Crippen molar-refractivity contribution in [2.75, 3.05) is 13.2 Å². The number of nitrogens with one attached hydrogen (secondary N) is 1. The smallest absolute Gasteiger partial charge is 0.408 e. The number of aliphatic hydroxyl groups is 1. The minimum absolute atomic E-state index is 0.271. The lowest BCUT2D eigenvalue weighted by Gasteiger charge is -2.28. The molecule has 0 bridgehead atoms. The van der Waals surface area contributed by atoms with Gasteiger partial charge in [0.2, 0.25) is 0 Å². The van der Waals surface area contributed by atoms with Gasteiger partial charge in [0, 0.05) is 0 Å². The second-order valence-electron chi connectivity index (χ2n) is 8.15. The Bertz CT molecular complexity index is 629. The Morgan fingerprint density at radius 2 is 1.89 bits per heavy atom. The van der Waals surface area contributed by atoms with Crippen LogP contribution in [0.4, 0.5) is 4.79 Å². The molecule has 6 heteroatoms. The molecule has 1 aromatic carbocycles. The molecule has 27 heavy (non-hydrogen) atoms. The number of carbonyl (C=O) groups excluding carboxylic acids is 1. The highest BCUT2D eigenvalue weighted by atomic mass is 16.6. The van der Waals surface area contributed by atoms with Gasteiger partial charge in [-0.1, -0.05) is 26.0 Å². The Hall–Kier alpha value is -2.26. The number of nitrogens with zero attached hydrogens (tertiary/aromatic N) is 1. The van der Waals surface area contributed by atoms with Crippen molar-refractivity contribution in [2.45, 2.75) is 65.0 Å². The van der Waals surface area contributed by atoms with E-state index in [-0.39, 0.29) is 6.42 Å². The van der Waals surface area contributed by atoms with E-state index in [0.29, 0.717) is 18.9 Å². The zero-order valence-corrected chi connectivity index (χ0v) is 17.0. The van der Waals surface area contributed by atoms with Crippen molar-refractivity contribution in [2.24, 2.45) is 5.92 Å². The molecule has 0 saturated carbocycles. The summed E-state index contributed by atoms with van der Waals surface area (Å²) in [5.74, 6) is 1.40. The molecule has 1 unspecified atom stereocenters. The molecule has 2 N–H and O–H groups in total. The summed E-state index contributed by atoms with van der Waals surface area (Å²) in [6.45, 7) is 9.72. The molecule has 1 atom stereocenters. The number of alkyl carbamates (subject to hydrolysis) is 1. The van der Waals surface area contributed by atoms with Gasteiger partial charge in [-0.2, -0.15) is 5.26 Å². The van der Waals surface area contributed by atoms with Gasteiger partial charge >= 0.3 is 6.09 Å². The van der Waals surface area contributed by atoms with Crippen molar-refractivity contribution < 1.29 is 19.4 Å². The maximum atomic E-state index is 12.0. The van der Waals surface area contributed by atoms with Crippen molar-refractivity contribution in [3.05, 3.63) is 29.8 Å². The molecule has 150 valence electrons. The highest BCUT2D eigenvalue weighted by Gasteiger charge is 2.33. The number of rotatable bonds is 9. The number of hydrogen-bond acceptors (Lipinski definition) is 5. The molecule has 0 fully saturated rings. The fourth-order valence-electron chi connectivity index (χ4n) is 2.32. The minimum Gasteiger partial charge on any atom is -0.494 e. The zero-order chi connectivity index (χ0) is 20.5. The number of amides is 1. The molecule has 0 aromatic heterocycles. The molecule has 0 spiro atoms. The number of ether oxygens (including phenoxy) is 2. The second kappa shape index (κ2) is 10.2. The Balaban J connectivity index is 2.63. The van der Waals surface area contributed by atoms with Crippen LogP contribution in [0.1, 0.15) is 53.0 Å². The quantitative estimate of drug-likeness (QED) is 0.683. The number of aliphatic hydroxyl groups excluding tert-OH is 1. The lowest BCUT2D eigenvalue weighted by atomic mass is 9.93. The van der Waals surface area contributed by atoms with Gasteiger partial charge in [0.1, 0.15) is 11.4 Å². The van der Waals surface area contributed by atoms with E-state index in [1.54, 1.807) is 20.8 Å². The van der Waals surface area contributed by atoms with Crippen LogP contribution in [0, 0.1) is 17.2 Å². The number of aryl methyl sites for hydroxylation is 1. The summed E-state index contributed by atoms with van der Waals surface area (Å²) in [4.78, 5) is 12.0. The first-order valence-electron chi connectivity index (χ1n) is 9.34. The third-order valence-electron chi connectivity index (χ3n) is 3.95. The number of hydrogen-bond donors (Lipinski definition) is 2. The van der Waals surface area contributed by atoms with Crippen LogP contribution in [0.3, 0.4) is 0 Å². The Kier molecular flexibility index (Phi) is 8.58. The molecule has 0 radical (unpaired) electrons. The van der Waals surface area contributed by atoms with Crippen LogP contribution in [0.15, 0.2) is 24.3 Å². The minimum atomic E-state index is -1.38. The lowest BCUT2D eigenvalue weighted by molar-refractivity contribution is 0.0438. The van der Waals surface area contributed by atoms with E-state index in [9.17, 15) is 15.2 Å². The molecule has 6 nitrogen and oxygen atoms in total. The fourth-order valence-corrected chi connectivity index (χ4v) is 2.32. The average Bonchev–Trinajstić information content (AvgIpc) is 2.58. The van der Waals surface area contributed by atoms with E-state index in [0.717, 1.165) is 17.7 Å². The first-order valence-corrected chi connectivity index (χ1v) is 9.34. The molecule has 0 aliphatic rings. The van der Waals surface area contributed by atoms with Crippen LogP contribution < -0.4 is 10.1 Å². The van der Waals surface area contributed by atoms with Crippen molar-refractivity contribution in [3.63, 3.8) is 0 Å². The Labute approximate surface area is 162 Å². The first kappa shape index (κ1) is 22.8. The molecule has 1 rings (SSSR count). The summed E-state index contributed by atoms with van der Waals surface area (Å²) >= 11 is 0. The van der Waals surface area contributed by atoms with Crippen LogP contribution >= 0.6 is 0 Å². The average molecular weight is 376 g/mol. The van der Waals surface area contributed by atoms with Gasteiger partial charge in [-0.15, -0.1) is 0 Å². The van der Waals surface area contributed by atoms with E-state index in [1.165, 1.54) is 0 Å². The SMILES string of the molecule is CC(C)CCOc1ccc(CCC(C#N)(CO)NC(=O)OC(C)(C)C)cc1. The summed E-state index contributed by atoms with van der Waals surface area (Å²) in [7, 11) is 0. The van der Waals surface area contributed by atoms with Crippen LogP contribution in [-0.2, 0) is 11.2 Å². The number of benzene rings is 1. The summed E-state index contributed by atoms with van der Waals surface area (Å²) in [5, 5.41) is 21.7. The molecular formula is C21H32N2O4. The van der Waals surface area contributed by atoms with E-state index < -0.39 is 23.8 Å². The molecule has 0 saturated heterocycles. The largest absolute Gasteiger partial charge is 0.494 e. The molecule has 0 aliphatic carbocycles. The maximum absolute atomic E-state index is 12.0. The van der Waals surface area contributed by atoms with Crippen molar-refractivity contribution in [1.29, 1.82) is 5.26 Å². The maximum Gasteiger partial charge on any atom is 0.408 e. The van der Waals surface area contributed by atoms with Gasteiger partial charge in [-0.3, -0.25) is 0 Å². The predicted octanol–water partition coefficient (Wildman–Crippen LogP) is 3.82. The van der Waals surface area contributed by atoms with Gasteiger partial charge in [0.25, 0.3) is 0 Å². The van der Waals surface area contributed by atoms with E-state index >= 15 is 0 Å². The third-order valence-corrected chi connectivity index (χ3v) is 3.95. The standard InChI is InChI=1S/C21H32N2O4/c1-16(2)11-13-26-18-8-6-17(7-9-18)10-12-21(14-22,15-24)23-19(25)27-20(3,4)5/h6-9,16,24H,10-13,15H2,1-5H3,(H,23,25). The molecule has 0 aliphatic heterocycles. The van der Waals surface area contributed by atoms with Gasteiger partial charge in [0.15, 0.2) is 5.54 Å². The fraction of sp³-hybridized carbons (Fsp3) is 0.619. The Morgan fingerprint density at radius 3 is 2.37 bits per heavy atom. The first-order chi connectivity index (χ1) is 12.6. The number of nitriles is 1. The second-order valence-corrected chi connectivity index (χ2v) is 8.15. The Morgan fingerprint density at radius 1 is 1.26 bits per heavy atom. The summed E-state index contributed by atoms with van der Waals surface area (Å²) < 4.78 is 10.9. The topological polar surface area (TPSA) is 91.6 Å². The number of carbonyl (C=O) groups is 1. The normalized spacial score (nSPS) is 13.6. The predicted molar refractivity (Wildman–Crippen MR) is 105 cm³/mol. The van der Waals surface area contributed by atoms with E-state index in [4.69, 9.17) is 9.47 Å². The van der Waals surface area contributed by atoms with Gasteiger partial charge in [-0.05, 0) is 63.6 Å². The third kappa shape index (κ3) is 8.78. The molecule has 1 aromatic rings. The van der Waals surface area contributed by atoms with Crippen LogP contribution in [-0.4, -0.2) is 35.6 Å². The summed E-state index contributed by atoms with van der Waals surface area (Å²) in [5.41, 5.74) is -1.06. The van der Waals surface area contributed by atoms with Crippen LogP contribution in [0.2, 0.25) is 0 Å². The highest BCUT2D eigenvalue weighted by Crippen LogP contribution is 2.19. The monoisotopic (exact) mass is 376 g/mol. The van der Waals surface area contributed by atoms with Gasteiger partial charge < -0.3 is 19.9 Å². The summed E-state index contributed by atoms with van der Waals surface area (Å²) in [6, 6.07) is 9.66. The lowest BCUT2D eigenvalue weighted by Crippen LogP contribution is -2.52. The van der Waals surface area contributed by atoms with Crippen LogP contribution in [0.5, 0.6) is 5.75 Å².